The minimum absolute atomic E-state index is 0.291. The average molecular weight is 422 g/mol. The van der Waals surface area contributed by atoms with Gasteiger partial charge in [-0.25, -0.2) is 4.79 Å². The van der Waals surface area contributed by atoms with E-state index in [0.717, 1.165) is 22.2 Å². The number of benzene rings is 2. The predicted molar refractivity (Wildman–Crippen MR) is 118 cm³/mol. The first-order valence-electron chi connectivity index (χ1n) is 10.1. The second kappa shape index (κ2) is 10.4. The molecule has 31 heavy (non-hydrogen) atoms. The molecule has 0 spiro atoms. The molecule has 1 heterocycles. The Morgan fingerprint density at radius 1 is 0.968 bits per heavy atom. The highest BCUT2D eigenvalue weighted by Crippen LogP contribution is 2.23. The number of amides is 1. The van der Waals surface area contributed by atoms with Gasteiger partial charge in [-0.1, -0.05) is 18.2 Å². The van der Waals surface area contributed by atoms with Gasteiger partial charge in [-0.3, -0.25) is 9.78 Å². The van der Waals surface area contributed by atoms with Gasteiger partial charge in [-0.2, -0.15) is 0 Å². The van der Waals surface area contributed by atoms with Crippen LogP contribution in [0.15, 0.2) is 48.5 Å². The number of aryl methyl sites for hydroxylation is 2. The number of rotatable bonds is 9. The first-order chi connectivity index (χ1) is 15.0. The first-order valence-corrected chi connectivity index (χ1v) is 10.1. The number of fused-ring (bicyclic) bond motifs is 1. The van der Waals surface area contributed by atoms with E-state index in [0.29, 0.717) is 36.8 Å². The molecule has 3 rings (SSSR count). The smallest absolute Gasteiger partial charge is 0.340 e. The molecular weight excluding hydrogens is 396 g/mol. The molecule has 7 nitrogen and oxygen atoms in total. The Bertz CT molecular complexity index is 1060. The molecule has 0 atom stereocenters. The Kier molecular flexibility index (Phi) is 7.43. The van der Waals surface area contributed by atoms with Crippen molar-refractivity contribution < 1.29 is 23.8 Å². The highest BCUT2D eigenvalue weighted by molar-refractivity contribution is 5.99. The molecule has 1 N–H and O–H groups in total. The summed E-state index contributed by atoms with van der Waals surface area (Å²) in [6.07, 6.45) is 0. The van der Waals surface area contributed by atoms with Crippen LogP contribution in [0.1, 0.15) is 28.5 Å². The van der Waals surface area contributed by atoms with Gasteiger partial charge in [-0.05, 0) is 56.7 Å². The molecule has 1 aromatic heterocycles. The van der Waals surface area contributed by atoms with Crippen LogP contribution in [0.2, 0.25) is 0 Å². The van der Waals surface area contributed by atoms with Crippen LogP contribution in [0.3, 0.4) is 0 Å². The summed E-state index contributed by atoms with van der Waals surface area (Å²) in [5.74, 6) is 0.498. The van der Waals surface area contributed by atoms with Crippen molar-refractivity contribution >= 4 is 22.8 Å². The number of nitrogens with one attached hydrogen (secondary N) is 1. The highest BCUT2D eigenvalue weighted by Gasteiger charge is 2.18. The van der Waals surface area contributed by atoms with Crippen LogP contribution in [0.5, 0.6) is 11.5 Å². The fourth-order valence-electron chi connectivity index (χ4n) is 3.24. The normalized spacial score (nSPS) is 10.5. The zero-order chi connectivity index (χ0) is 22.2. The molecule has 0 aliphatic heterocycles. The third-order valence-electron chi connectivity index (χ3n) is 4.70. The van der Waals surface area contributed by atoms with Crippen molar-refractivity contribution in [1.82, 2.24) is 10.3 Å². The number of hydrogen-bond donors (Lipinski definition) is 1. The van der Waals surface area contributed by atoms with E-state index in [4.69, 9.17) is 14.2 Å². The van der Waals surface area contributed by atoms with Gasteiger partial charge in [0.2, 0.25) is 0 Å². The van der Waals surface area contributed by atoms with Crippen LogP contribution in [-0.4, -0.2) is 43.2 Å². The third-order valence-corrected chi connectivity index (χ3v) is 4.70. The summed E-state index contributed by atoms with van der Waals surface area (Å²) >= 11 is 0. The van der Waals surface area contributed by atoms with E-state index in [1.54, 1.807) is 19.1 Å². The van der Waals surface area contributed by atoms with Crippen molar-refractivity contribution in [3.05, 3.63) is 65.4 Å². The summed E-state index contributed by atoms with van der Waals surface area (Å²) in [6.45, 7) is 6.35. The van der Waals surface area contributed by atoms with Crippen LogP contribution in [0.4, 0.5) is 0 Å². The van der Waals surface area contributed by atoms with E-state index < -0.39 is 11.9 Å². The Hall–Kier alpha value is -3.61. The van der Waals surface area contributed by atoms with Crippen LogP contribution < -0.4 is 14.8 Å². The van der Waals surface area contributed by atoms with E-state index in [1.807, 2.05) is 50.2 Å². The number of nitrogens with zero attached hydrogens (tertiary/aromatic N) is 1. The molecule has 162 valence electrons. The Balaban J connectivity index is 1.45. The summed E-state index contributed by atoms with van der Waals surface area (Å²) in [4.78, 5) is 29.0. The first kappa shape index (κ1) is 22.1. The summed E-state index contributed by atoms with van der Waals surface area (Å²) < 4.78 is 16.2. The van der Waals surface area contributed by atoms with Crippen molar-refractivity contribution in [2.24, 2.45) is 0 Å². The number of para-hydroxylation sites is 1. The fraction of sp³-hybridized carbons (Fsp3) is 0.292. The molecule has 0 unspecified atom stereocenters. The number of ether oxygens (including phenoxy) is 3. The van der Waals surface area contributed by atoms with E-state index in [2.05, 4.69) is 10.3 Å². The van der Waals surface area contributed by atoms with Crippen molar-refractivity contribution in [1.29, 1.82) is 0 Å². The van der Waals surface area contributed by atoms with Crippen molar-refractivity contribution in [3.63, 3.8) is 0 Å². The minimum atomic E-state index is -0.561. The molecule has 0 saturated carbocycles. The van der Waals surface area contributed by atoms with E-state index in [1.165, 1.54) is 0 Å². The lowest BCUT2D eigenvalue weighted by Crippen LogP contribution is -2.32. The van der Waals surface area contributed by atoms with Gasteiger partial charge in [0.05, 0.1) is 29.9 Å². The second-order valence-electron chi connectivity index (χ2n) is 6.89. The Morgan fingerprint density at radius 2 is 1.65 bits per heavy atom. The SMILES string of the molecule is CCOc1ccc(OCCNC(=O)COC(=O)c2c(C)nc3ccccc3c2C)cc1. The number of pyridine rings is 1. The lowest BCUT2D eigenvalue weighted by Gasteiger charge is -2.12. The van der Waals surface area contributed by atoms with Gasteiger partial charge in [0.1, 0.15) is 18.1 Å². The molecule has 3 aromatic rings. The van der Waals surface area contributed by atoms with Gasteiger partial charge in [0.25, 0.3) is 5.91 Å². The lowest BCUT2D eigenvalue weighted by atomic mass is 10.0. The predicted octanol–water partition coefficient (Wildman–Crippen LogP) is 3.60. The van der Waals surface area contributed by atoms with Gasteiger partial charge in [0, 0.05) is 5.39 Å². The van der Waals surface area contributed by atoms with E-state index >= 15 is 0 Å². The molecule has 1 amide bonds. The number of hydrogen-bond acceptors (Lipinski definition) is 6. The highest BCUT2D eigenvalue weighted by atomic mass is 16.5. The number of carbonyl (C=O) groups is 2. The largest absolute Gasteiger partial charge is 0.494 e. The third kappa shape index (κ3) is 5.72. The van der Waals surface area contributed by atoms with Gasteiger partial charge < -0.3 is 19.5 Å². The molecule has 2 aromatic carbocycles. The van der Waals surface area contributed by atoms with Crippen molar-refractivity contribution in [3.8, 4) is 11.5 Å². The Morgan fingerprint density at radius 3 is 2.35 bits per heavy atom. The maximum atomic E-state index is 12.5. The van der Waals surface area contributed by atoms with Crippen LogP contribution in [-0.2, 0) is 9.53 Å². The molecule has 0 aliphatic carbocycles. The number of carbonyl (C=O) groups excluding carboxylic acids is 2. The van der Waals surface area contributed by atoms with Gasteiger partial charge in [0.15, 0.2) is 6.61 Å². The molecule has 0 radical (unpaired) electrons. The molecule has 0 bridgehead atoms. The van der Waals surface area contributed by atoms with Crippen molar-refractivity contribution in [2.75, 3.05) is 26.4 Å². The topological polar surface area (TPSA) is 86.8 Å². The van der Waals surface area contributed by atoms with Gasteiger partial charge in [-0.15, -0.1) is 0 Å². The zero-order valence-electron chi connectivity index (χ0n) is 17.9. The van der Waals surface area contributed by atoms with Crippen LogP contribution >= 0.6 is 0 Å². The molecule has 7 heteroatoms. The minimum Gasteiger partial charge on any atom is -0.494 e. The summed E-state index contributed by atoms with van der Waals surface area (Å²) in [7, 11) is 0. The molecule has 0 saturated heterocycles. The van der Waals surface area contributed by atoms with E-state index in [9.17, 15) is 9.59 Å². The second-order valence-corrected chi connectivity index (χ2v) is 6.89. The molecular formula is C24H26N2O5. The summed E-state index contributed by atoms with van der Waals surface area (Å²) in [5, 5.41) is 3.55. The number of aromatic nitrogens is 1. The molecule has 0 fully saturated rings. The standard InChI is InChI=1S/C24H26N2O5/c1-4-29-18-9-11-19(12-10-18)30-14-13-25-22(27)15-31-24(28)23-16(2)20-7-5-6-8-21(20)26-17(23)3/h5-12H,4,13-15H2,1-3H3,(H,25,27). The van der Waals surface area contributed by atoms with Gasteiger partial charge >= 0.3 is 5.97 Å². The maximum Gasteiger partial charge on any atom is 0.340 e. The average Bonchev–Trinajstić information content (AvgIpc) is 2.76. The summed E-state index contributed by atoms with van der Waals surface area (Å²) in [6, 6.07) is 14.8. The quantitative estimate of drug-likeness (QED) is 0.419. The fourth-order valence-corrected chi connectivity index (χ4v) is 3.24. The lowest BCUT2D eigenvalue weighted by molar-refractivity contribution is -0.124. The molecule has 0 aliphatic rings. The van der Waals surface area contributed by atoms with Crippen molar-refractivity contribution in [2.45, 2.75) is 20.8 Å². The summed E-state index contributed by atoms with van der Waals surface area (Å²) in [5.41, 5.74) is 2.58. The number of esters is 1. The zero-order valence-corrected chi connectivity index (χ0v) is 17.9. The Labute approximate surface area is 181 Å². The van der Waals surface area contributed by atoms with Crippen LogP contribution in [0, 0.1) is 13.8 Å². The maximum absolute atomic E-state index is 12.5. The van der Waals surface area contributed by atoms with Crippen LogP contribution in [0.25, 0.3) is 10.9 Å². The van der Waals surface area contributed by atoms with E-state index in [-0.39, 0.29) is 6.61 Å². The monoisotopic (exact) mass is 422 g/mol.